The van der Waals surface area contributed by atoms with Crippen LogP contribution in [0.15, 0.2) is 54.7 Å². The third-order valence-corrected chi connectivity index (χ3v) is 5.15. The second-order valence-corrected chi connectivity index (χ2v) is 8.13. The lowest BCUT2D eigenvalue weighted by atomic mass is 10.2. The van der Waals surface area contributed by atoms with Crippen LogP contribution in [-0.4, -0.2) is 25.8 Å². The molecule has 0 unspecified atom stereocenters. The standard InChI is InChI=1S/C22H20FN7OS/c1-13-5-3-7-16(9-13)28-20-25-14(2)26-21(29-20)30-22-24-12-18(32-22)11-19(31)27-17-8-4-6-15(23)10-17/h3-10,12H,11H2,1-2H3,(H,27,31)(H2,24,25,26,28,29,30). The van der Waals surface area contributed by atoms with Crippen LogP contribution in [-0.2, 0) is 11.2 Å². The minimum atomic E-state index is -0.407. The van der Waals surface area contributed by atoms with Gasteiger partial charge in [-0.1, -0.05) is 18.2 Å². The normalized spacial score (nSPS) is 10.6. The second-order valence-electron chi connectivity index (χ2n) is 7.02. The Morgan fingerprint density at radius 3 is 2.50 bits per heavy atom. The molecule has 0 aliphatic heterocycles. The van der Waals surface area contributed by atoms with Crippen molar-refractivity contribution < 1.29 is 9.18 Å². The molecule has 0 aliphatic rings. The molecule has 0 aliphatic carbocycles. The highest BCUT2D eigenvalue weighted by molar-refractivity contribution is 7.15. The van der Waals surface area contributed by atoms with E-state index < -0.39 is 5.82 Å². The van der Waals surface area contributed by atoms with Crippen LogP contribution in [0.4, 0.5) is 32.8 Å². The van der Waals surface area contributed by atoms with Gasteiger partial charge in [-0.15, -0.1) is 11.3 Å². The van der Waals surface area contributed by atoms with Crippen LogP contribution >= 0.6 is 11.3 Å². The molecule has 162 valence electrons. The van der Waals surface area contributed by atoms with Crippen molar-refractivity contribution in [3.05, 3.63) is 76.8 Å². The molecule has 0 saturated heterocycles. The molecule has 1 amide bonds. The predicted octanol–water partition coefficient (Wildman–Crippen LogP) is 4.75. The Labute approximate surface area is 188 Å². The molecule has 8 nitrogen and oxygen atoms in total. The summed E-state index contributed by atoms with van der Waals surface area (Å²) in [7, 11) is 0. The summed E-state index contributed by atoms with van der Waals surface area (Å²) in [5.74, 6) is 0.640. The lowest BCUT2D eigenvalue weighted by Crippen LogP contribution is -2.13. The van der Waals surface area contributed by atoms with Crippen molar-refractivity contribution in [1.82, 2.24) is 19.9 Å². The van der Waals surface area contributed by atoms with E-state index in [9.17, 15) is 9.18 Å². The number of carbonyl (C=O) groups is 1. The first-order valence-electron chi connectivity index (χ1n) is 9.76. The third-order valence-electron chi connectivity index (χ3n) is 4.24. The van der Waals surface area contributed by atoms with Gasteiger partial charge in [0.1, 0.15) is 11.6 Å². The fraction of sp³-hybridized carbons (Fsp3) is 0.136. The van der Waals surface area contributed by atoms with Crippen molar-refractivity contribution >= 4 is 45.6 Å². The number of anilines is 5. The highest BCUT2D eigenvalue weighted by atomic mass is 32.1. The van der Waals surface area contributed by atoms with Crippen LogP contribution in [0.2, 0.25) is 0 Å². The fourth-order valence-corrected chi connectivity index (χ4v) is 3.72. The van der Waals surface area contributed by atoms with E-state index in [4.69, 9.17) is 0 Å². The van der Waals surface area contributed by atoms with E-state index in [1.165, 1.54) is 23.5 Å². The molecule has 2 aromatic carbocycles. The van der Waals surface area contributed by atoms with Crippen molar-refractivity contribution in [1.29, 1.82) is 0 Å². The van der Waals surface area contributed by atoms with E-state index in [0.29, 0.717) is 28.5 Å². The van der Waals surface area contributed by atoms with Crippen LogP contribution in [0.1, 0.15) is 16.3 Å². The molecule has 0 bridgehead atoms. The summed E-state index contributed by atoms with van der Waals surface area (Å²) in [5, 5.41) is 9.45. The Kier molecular flexibility index (Phi) is 6.31. The molecular weight excluding hydrogens is 429 g/mol. The van der Waals surface area contributed by atoms with Gasteiger partial charge in [0.15, 0.2) is 5.13 Å². The Morgan fingerprint density at radius 1 is 0.969 bits per heavy atom. The van der Waals surface area contributed by atoms with Crippen molar-refractivity contribution in [2.24, 2.45) is 0 Å². The van der Waals surface area contributed by atoms with Gasteiger partial charge in [-0.05, 0) is 49.7 Å². The van der Waals surface area contributed by atoms with Crippen molar-refractivity contribution in [2.45, 2.75) is 20.3 Å². The first kappa shape index (κ1) is 21.3. The maximum absolute atomic E-state index is 13.3. The molecule has 0 saturated carbocycles. The monoisotopic (exact) mass is 449 g/mol. The number of halogens is 1. The maximum atomic E-state index is 13.3. The summed E-state index contributed by atoms with van der Waals surface area (Å²) in [4.78, 5) is 30.3. The van der Waals surface area contributed by atoms with Gasteiger partial charge in [-0.25, -0.2) is 9.37 Å². The largest absolute Gasteiger partial charge is 0.326 e. The highest BCUT2D eigenvalue weighted by Gasteiger charge is 2.11. The van der Waals surface area contributed by atoms with Gasteiger partial charge in [-0.2, -0.15) is 15.0 Å². The minimum absolute atomic E-state index is 0.117. The molecule has 10 heteroatoms. The van der Waals surface area contributed by atoms with Gasteiger partial charge in [0.2, 0.25) is 17.8 Å². The SMILES string of the molecule is Cc1cccc(Nc2nc(C)nc(Nc3ncc(CC(=O)Nc4cccc(F)c4)s3)n2)c1. The van der Waals surface area contributed by atoms with Crippen LogP contribution in [0, 0.1) is 19.7 Å². The zero-order valence-corrected chi connectivity index (χ0v) is 18.2. The van der Waals surface area contributed by atoms with Crippen molar-refractivity contribution in [2.75, 3.05) is 16.0 Å². The number of hydrogen-bond donors (Lipinski definition) is 3. The number of rotatable bonds is 7. The predicted molar refractivity (Wildman–Crippen MR) is 123 cm³/mol. The van der Waals surface area contributed by atoms with E-state index in [1.807, 2.05) is 31.2 Å². The Balaban J connectivity index is 1.40. The average molecular weight is 450 g/mol. The quantitative estimate of drug-likeness (QED) is 0.374. The van der Waals surface area contributed by atoms with Gasteiger partial charge in [-0.3, -0.25) is 10.1 Å². The number of aryl methyl sites for hydroxylation is 2. The topological polar surface area (TPSA) is 105 Å². The maximum Gasteiger partial charge on any atom is 0.234 e. The summed E-state index contributed by atoms with van der Waals surface area (Å²) >= 11 is 1.31. The molecule has 0 spiro atoms. The molecule has 4 aromatic rings. The number of nitrogens with one attached hydrogen (secondary N) is 3. The van der Waals surface area contributed by atoms with Gasteiger partial charge >= 0.3 is 0 Å². The Bertz CT molecular complexity index is 1260. The average Bonchev–Trinajstić information content (AvgIpc) is 3.14. The summed E-state index contributed by atoms with van der Waals surface area (Å²) in [6, 6.07) is 13.6. The number of hydrogen-bond acceptors (Lipinski definition) is 8. The van der Waals surface area contributed by atoms with Gasteiger partial charge in [0, 0.05) is 22.4 Å². The van der Waals surface area contributed by atoms with E-state index in [1.54, 1.807) is 25.3 Å². The zero-order chi connectivity index (χ0) is 22.5. The van der Waals surface area contributed by atoms with Crippen LogP contribution in [0.3, 0.4) is 0 Å². The molecular formula is C22H20FN7OS. The summed E-state index contributed by atoms with van der Waals surface area (Å²) in [5.41, 5.74) is 2.41. The molecule has 32 heavy (non-hydrogen) atoms. The number of thiazole rings is 1. The van der Waals surface area contributed by atoms with Crippen LogP contribution in [0.25, 0.3) is 0 Å². The number of amides is 1. The van der Waals surface area contributed by atoms with Crippen LogP contribution in [0.5, 0.6) is 0 Å². The molecule has 0 radical (unpaired) electrons. The number of carbonyl (C=O) groups excluding carboxylic acids is 1. The first-order valence-corrected chi connectivity index (χ1v) is 10.6. The minimum Gasteiger partial charge on any atom is -0.326 e. The number of benzene rings is 2. The lowest BCUT2D eigenvalue weighted by Gasteiger charge is -2.08. The molecule has 3 N–H and O–H groups in total. The third kappa shape index (κ3) is 5.82. The summed E-state index contributed by atoms with van der Waals surface area (Å²) in [6.45, 7) is 3.79. The van der Waals surface area contributed by atoms with Gasteiger partial charge < -0.3 is 10.6 Å². The van der Waals surface area contributed by atoms with Gasteiger partial charge in [0.25, 0.3) is 0 Å². The fourth-order valence-electron chi connectivity index (χ4n) is 2.92. The second kappa shape index (κ2) is 9.48. The molecule has 2 heterocycles. The lowest BCUT2D eigenvalue weighted by molar-refractivity contribution is -0.115. The number of aromatic nitrogens is 4. The Hall–Kier alpha value is -3.92. The smallest absolute Gasteiger partial charge is 0.234 e. The van der Waals surface area contributed by atoms with E-state index in [0.717, 1.165) is 16.1 Å². The molecule has 0 fully saturated rings. The van der Waals surface area contributed by atoms with Crippen molar-refractivity contribution in [3.63, 3.8) is 0 Å². The van der Waals surface area contributed by atoms with Crippen LogP contribution < -0.4 is 16.0 Å². The van der Waals surface area contributed by atoms with E-state index in [-0.39, 0.29) is 12.3 Å². The Morgan fingerprint density at radius 2 is 1.72 bits per heavy atom. The highest BCUT2D eigenvalue weighted by Crippen LogP contribution is 2.23. The number of nitrogens with zero attached hydrogens (tertiary/aromatic N) is 4. The molecule has 4 rings (SSSR count). The summed E-state index contributed by atoms with van der Waals surface area (Å²) in [6.07, 6.45) is 1.73. The molecule has 0 atom stereocenters. The molecule has 2 aromatic heterocycles. The van der Waals surface area contributed by atoms with E-state index >= 15 is 0 Å². The van der Waals surface area contributed by atoms with E-state index in [2.05, 4.69) is 35.9 Å². The summed E-state index contributed by atoms with van der Waals surface area (Å²) < 4.78 is 13.3. The zero-order valence-electron chi connectivity index (χ0n) is 17.4. The first-order chi connectivity index (χ1) is 15.4. The van der Waals surface area contributed by atoms with Gasteiger partial charge in [0.05, 0.1) is 6.42 Å². The van der Waals surface area contributed by atoms with Crippen molar-refractivity contribution in [3.8, 4) is 0 Å².